The van der Waals surface area contributed by atoms with Crippen LogP contribution in [-0.4, -0.2) is 23.5 Å². The molecule has 0 fully saturated rings. The lowest BCUT2D eigenvalue weighted by atomic mass is 10.2. The number of anilines is 1. The Morgan fingerprint density at radius 3 is 2.69 bits per heavy atom. The van der Waals surface area contributed by atoms with Gasteiger partial charge in [0, 0.05) is 19.0 Å². The number of aromatic carboxylic acids is 1. The lowest BCUT2D eigenvalue weighted by molar-refractivity contribution is -0.118. The van der Waals surface area contributed by atoms with Crippen LogP contribution >= 0.6 is 0 Å². The number of nitrogens with one attached hydrogen (secondary N) is 1. The lowest BCUT2D eigenvalue weighted by Crippen LogP contribution is -2.10. The van der Waals surface area contributed by atoms with E-state index in [9.17, 15) is 9.59 Å². The molecule has 6 heteroatoms. The Hall–Kier alpha value is -1.98. The average Bonchev–Trinajstić information content (AvgIpc) is 2.65. The molecule has 1 amide bonds. The van der Waals surface area contributed by atoms with E-state index in [-0.39, 0.29) is 11.7 Å². The zero-order valence-electron chi connectivity index (χ0n) is 8.73. The second-order valence-electron chi connectivity index (χ2n) is 3.32. The molecule has 1 heterocycles. The van der Waals surface area contributed by atoms with E-state index in [2.05, 4.69) is 5.32 Å². The van der Waals surface area contributed by atoms with Crippen LogP contribution in [0, 0.1) is 0 Å². The molecule has 0 aliphatic rings. The maximum Gasteiger partial charge on any atom is 0.371 e. The first-order valence-electron chi connectivity index (χ1n) is 4.95. The van der Waals surface area contributed by atoms with Gasteiger partial charge in [-0.2, -0.15) is 0 Å². The lowest BCUT2D eigenvalue weighted by Gasteiger charge is -2.01. The molecule has 6 nitrogen and oxygen atoms in total. The molecular formula is C10H14N2O4. The molecule has 0 aliphatic heterocycles. The molecular weight excluding hydrogens is 212 g/mol. The number of carboxylic acid groups (broad SMARTS) is 1. The van der Waals surface area contributed by atoms with Gasteiger partial charge in [0.25, 0.3) is 0 Å². The number of carbonyl (C=O) groups is 2. The van der Waals surface area contributed by atoms with Gasteiger partial charge in [0.05, 0.1) is 0 Å². The van der Waals surface area contributed by atoms with Crippen molar-refractivity contribution >= 4 is 17.8 Å². The predicted molar refractivity (Wildman–Crippen MR) is 57.2 cm³/mol. The quantitative estimate of drug-likeness (QED) is 0.602. The Balaban J connectivity index is 2.21. The van der Waals surface area contributed by atoms with Crippen molar-refractivity contribution in [2.45, 2.75) is 19.3 Å². The monoisotopic (exact) mass is 226 g/mol. The number of rotatable bonds is 7. The third-order valence-electron chi connectivity index (χ3n) is 1.97. The summed E-state index contributed by atoms with van der Waals surface area (Å²) in [5, 5.41) is 11.5. The number of carboxylic acids is 1. The summed E-state index contributed by atoms with van der Waals surface area (Å²) in [6, 6.07) is 2.94. The number of carbonyl (C=O) groups excluding carboxylic acids is 1. The number of unbranched alkanes of at least 4 members (excludes halogenated alkanes) is 1. The molecule has 4 N–H and O–H groups in total. The molecule has 0 unspecified atom stereocenters. The summed E-state index contributed by atoms with van der Waals surface area (Å²) in [6.45, 7) is 0.611. The highest BCUT2D eigenvalue weighted by atomic mass is 16.4. The van der Waals surface area contributed by atoms with Gasteiger partial charge in [0.1, 0.15) is 0 Å². The van der Waals surface area contributed by atoms with Crippen molar-refractivity contribution in [3.63, 3.8) is 0 Å². The van der Waals surface area contributed by atoms with Gasteiger partial charge in [0.2, 0.25) is 11.7 Å². The SMILES string of the molecule is NC(=O)CCCCNc1ccc(C(=O)O)o1. The molecule has 0 saturated heterocycles. The Kier molecular flexibility index (Phi) is 4.38. The first-order chi connectivity index (χ1) is 7.59. The zero-order chi connectivity index (χ0) is 12.0. The van der Waals surface area contributed by atoms with E-state index in [1.54, 1.807) is 6.07 Å². The first-order valence-corrected chi connectivity index (χ1v) is 4.95. The van der Waals surface area contributed by atoms with Crippen LogP contribution in [0.5, 0.6) is 0 Å². The van der Waals surface area contributed by atoms with E-state index in [0.717, 1.165) is 6.42 Å². The molecule has 0 aliphatic carbocycles. The number of hydrogen-bond acceptors (Lipinski definition) is 4. The fourth-order valence-electron chi connectivity index (χ4n) is 1.18. The van der Waals surface area contributed by atoms with Gasteiger partial charge in [-0.05, 0) is 18.9 Å². The average molecular weight is 226 g/mol. The Labute approximate surface area is 92.4 Å². The summed E-state index contributed by atoms with van der Waals surface area (Å²) in [6.07, 6.45) is 1.83. The van der Waals surface area contributed by atoms with Crippen molar-refractivity contribution in [1.29, 1.82) is 0 Å². The van der Waals surface area contributed by atoms with Crippen molar-refractivity contribution in [1.82, 2.24) is 0 Å². The minimum absolute atomic E-state index is 0.0976. The largest absolute Gasteiger partial charge is 0.475 e. The van der Waals surface area contributed by atoms with Crippen LogP contribution < -0.4 is 11.1 Å². The fraction of sp³-hybridized carbons (Fsp3) is 0.400. The highest BCUT2D eigenvalue weighted by Gasteiger charge is 2.07. The van der Waals surface area contributed by atoms with Crippen molar-refractivity contribution in [3.8, 4) is 0 Å². The highest BCUT2D eigenvalue weighted by molar-refractivity contribution is 5.84. The topological polar surface area (TPSA) is 106 Å². The summed E-state index contributed by atoms with van der Waals surface area (Å²) < 4.78 is 4.97. The van der Waals surface area contributed by atoms with Crippen LogP contribution in [0.25, 0.3) is 0 Å². The predicted octanol–water partition coefficient (Wildman–Crippen LogP) is 1.05. The van der Waals surface area contributed by atoms with Crippen molar-refractivity contribution in [2.75, 3.05) is 11.9 Å². The van der Waals surface area contributed by atoms with Crippen molar-refractivity contribution in [2.24, 2.45) is 5.73 Å². The van der Waals surface area contributed by atoms with Crippen LogP contribution in [0.1, 0.15) is 29.8 Å². The minimum Gasteiger partial charge on any atom is -0.475 e. The third kappa shape index (κ3) is 4.04. The van der Waals surface area contributed by atoms with Gasteiger partial charge in [-0.3, -0.25) is 4.79 Å². The van der Waals surface area contributed by atoms with E-state index in [1.165, 1.54) is 6.07 Å². The molecule has 88 valence electrons. The standard InChI is InChI=1S/C10H14N2O4/c11-8(13)3-1-2-6-12-9-5-4-7(16-9)10(14)15/h4-5,12H,1-3,6H2,(H2,11,13)(H,14,15). The molecule has 0 aromatic carbocycles. The molecule has 0 radical (unpaired) electrons. The third-order valence-corrected chi connectivity index (χ3v) is 1.97. The first kappa shape index (κ1) is 12.1. The minimum atomic E-state index is -1.10. The van der Waals surface area contributed by atoms with Gasteiger partial charge in [-0.25, -0.2) is 4.79 Å². The summed E-state index contributed by atoms with van der Waals surface area (Å²) in [5.41, 5.74) is 4.98. The Bertz CT molecular complexity index is 373. The van der Waals surface area contributed by atoms with Crippen molar-refractivity contribution < 1.29 is 19.1 Å². The number of hydrogen-bond donors (Lipinski definition) is 3. The second kappa shape index (κ2) is 5.79. The molecule has 1 aromatic rings. The molecule has 16 heavy (non-hydrogen) atoms. The van der Waals surface area contributed by atoms with E-state index in [1.807, 2.05) is 0 Å². The maximum atomic E-state index is 10.5. The van der Waals surface area contributed by atoms with Crippen LogP contribution in [0.15, 0.2) is 16.5 Å². The van der Waals surface area contributed by atoms with E-state index >= 15 is 0 Å². The van der Waals surface area contributed by atoms with E-state index in [0.29, 0.717) is 25.3 Å². The van der Waals surface area contributed by atoms with Crippen LogP contribution in [0.4, 0.5) is 5.88 Å². The smallest absolute Gasteiger partial charge is 0.371 e. The van der Waals surface area contributed by atoms with Gasteiger partial charge < -0.3 is 20.6 Å². The van der Waals surface area contributed by atoms with Crippen molar-refractivity contribution in [3.05, 3.63) is 17.9 Å². The number of nitrogens with two attached hydrogens (primary N) is 1. The van der Waals surface area contributed by atoms with Gasteiger partial charge in [-0.1, -0.05) is 0 Å². The molecule has 1 rings (SSSR count). The number of furan rings is 1. The second-order valence-corrected chi connectivity index (χ2v) is 3.32. The molecule has 1 aromatic heterocycles. The maximum absolute atomic E-state index is 10.5. The van der Waals surface area contributed by atoms with E-state index in [4.69, 9.17) is 15.3 Å². The molecule has 0 atom stereocenters. The number of amides is 1. The fourth-order valence-corrected chi connectivity index (χ4v) is 1.18. The molecule has 0 saturated carbocycles. The summed E-state index contributed by atoms with van der Waals surface area (Å²) in [7, 11) is 0. The highest BCUT2D eigenvalue weighted by Crippen LogP contribution is 2.13. The van der Waals surface area contributed by atoms with E-state index < -0.39 is 5.97 Å². The Morgan fingerprint density at radius 2 is 2.12 bits per heavy atom. The van der Waals surface area contributed by atoms with Gasteiger partial charge >= 0.3 is 5.97 Å². The summed E-state index contributed by atoms with van der Waals surface area (Å²) in [5.74, 6) is -1.09. The molecule has 0 bridgehead atoms. The van der Waals surface area contributed by atoms with Crippen LogP contribution in [0.2, 0.25) is 0 Å². The van der Waals surface area contributed by atoms with Crippen LogP contribution in [0.3, 0.4) is 0 Å². The summed E-state index contributed by atoms with van der Waals surface area (Å²) >= 11 is 0. The number of primary amides is 1. The van der Waals surface area contributed by atoms with Crippen LogP contribution in [-0.2, 0) is 4.79 Å². The van der Waals surface area contributed by atoms with Gasteiger partial charge in [-0.15, -0.1) is 0 Å². The van der Waals surface area contributed by atoms with Gasteiger partial charge in [0.15, 0.2) is 5.88 Å². The summed E-state index contributed by atoms with van der Waals surface area (Å²) in [4.78, 5) is 20.9. The zero-order valence-corrected chi connectivity index (χ0v) is 8.73. The Morgan fingerprint density at radius 1 is 1.38 bits per heavy atom. The molecule has 0 spiro atoms. The normalized spacial score (nSPS) is 10.0.